The van der Waals surface area contributed by atoms with Crippen molar-refractivity contribution in [2.24, 2.45) is 0 Å². The summed E-state index contributed by atoms with van der Waals surface area (Å²) in [6.07, 6.45) is -0.360. The molecule has 5 rings (SSSR count). The molecule has 4 aromatic rings. The number of alkyl carbamates (subject to hydrolysis) is 1. The van der Waals surface area contributed by atoms with Crippen molar-refractivity contribution in [1.82, 2.24) is 26.2 Å². The number of ether oxygens (including phenoxy) is 2. The number of hydrogen-bond acceptors (Lipinski definition) is 9. The number of likely N-dealkylation sites (tertiary alicyclic amines) is 1. The van der Waals surface area contributed by atoms with Gasteiger partial charge in [-0.2, -0.15) is 0 Å². The highest BCUT2D eigenvalue weighted by Gasteiger charge is 2.39. The van der Waals surface area contributed by atoms with Crippen molar-refractivity contribution in [3.05, 3.63) is 138 Å². The summed E-state index contributed by atoms with van der Waals surface area (Å²) in [6.45, 7) is 8.21. The molecule has 62 heavy (non-hydrogen) atoms. The van der Waals surface area contributed by atoms with Crippen molar-refractivity contribution in [3.63, 3.8) is 0 Å². The van der Waals surface area contributed by atoms with Gasteiger partial charge < -0.3 is 46.1 Å². The zero-order valence-electron chi connectivity index (χ0n) is 35.7. The van der Waals surface area contributed by atoms with Crippen molar-refractivity contribution in [3.8, 4) is 0 Å². The van der Waals surface area contributed by atoms with Gasteiger partial charge in [0, 0.05) is 12.2 Å². The molecule has 1 aliphatic heterocycles. The smallest absolute Gasteiger partial charge is 0.410 e. The number of aliphatic hydroxyl groups is 1. The summed E-state index contributed by atoms with van der Waals surface area (Å²) in [5.74, 6) is -2.75. The Hall–Kier alpha value is -6.74. The predicted octanol–water partition coefficient (Wildman–Crippen LogP) is 5.12. The van der Waals surface area contributed by atoms with Crippen molar-refractivity contribution < 1.29 is 43.3 Å². The van der Waals surface area contributed by atoms with Crippen molar-refractivity contribution in [1.29, 1.82) is 0 Å². The van der Waals surface area contributed by atoms with Crippen LogP contribution in [0.15, 0.2) is 115 Å². The van der Waals surface area contributed by atoms with E-state index in [1.807, 2.05) is 91.0 Å². The number of benzene rings is 4. The maximum absolute atomic E-state index is 14.4. The minimum Gasteiger partial charge on any atom is -0.445 e. The van der Waals surface area contributed by atoms with Crippen LogP contribution >= 0.6 is 0 Å². The molecule has 328 valence electrons. The van der Waals surface area contributed by atoms with Crippen LogP contribution < -0.4 is 26.6 Å². The summed E-state index contributed by atoms with van der Waals surface area (Å²) in [4.78, 5) is 81.7. The Kier molecular flexibility index (Phi) is 15.8. The van der Waals surface area contributed by atoms with Gasteiger partial charge in [0.2, 0.25) is 23.6 Å². The Morgan fingerprint density at radius 3 is 1.74 bits per heavy atom. The van der Waals surface area contributed by atoms with Crippen molar-refractivity contribution in [2.75, 3.05) is 18.5 Å². The average molecular weight is 849 g/mol. The Morgan fingerprint density at radius 2 is 1.23 bits per heavy atom. The highest BCUT2D eigenvalue weighted by Crippen LogP contribution is 2.37. The van der Waals surface area contributed by atoms with E-state index in [-0.39, 0.29) is 19.3 Å². The number of amides is 6. The molecule has 4 atom stereocenters. The number of anilines is 1. The predicted molar refractivity (Wildman–Crippen MR) is 232 cm³/mol. The van der Waals surface area contributed by atoms with Gasteiger partial charge >= 0.3 is 12.2 Å². The molecule has 0 unspecified atom stereocenters. The molecule has 0 spiro atoms. The molecular weight excluding hydrogens is 793 g/mol. The molecule has 0 aromatic heterocycles. The van der Waals surface area contributed by atoms with Crippen LogP contribution in [0.1, 0.15) is 76.1 Å². The molecule has 4 aromatic carbocycles. The molecule has 6 N–H and O–H groups in total. The van der Waals surface area contributed by atoms with Crippen LogP contribution in [-0.2, 0) is 40.8 Å². The van der Waals surface area contributed by atoms with E-state index in [0.29, 0.717) is 24.2 Å². The summed E-state index contributed by atoms with van der Waals surface area (Å²) >= 11 is 0. The molecule has 1 saturated heterocycles. The maximum atomic E-state index is 14.4. The van der Waals surface area contributed by atoms with Gasteiger partial charge in [-0.25, -0.2) is 9.59 Å². The fourth-order valence-electron chi connectivity index (χ4n) is 7.09. The van der Waals surface area contributed by atoms with Crippen molar-refractivity contribution >= 4 is 41.5 Å². The topological polar surface area (TPSA) is 204 Å². The molecular formula is C47H56N6O9. The largest absolute Gasteiger partial charge is 0.445 e. The summed E-state index contributed by atoms with van der Waals surface area (Å²) < 4.78 is 10.7. The van der Waals surface area contributed by atoms with Crippen LogP contribution in [0.4, 0.5) is 15.3 Å². The second kappa shape index (κ2) is 21.2. The number of carbonyl (C=O) groups is 6. The van der Waals surface area contributed by atoms with Crippen LogP contribution in [0.5, 0.6) is 0 Å². The van der Waals surface area contributed by atoms with Gasteiger partial charge in [0.15, 0.2) is 0 Å². The van der Waals surface area contributed by atoms with Gasteiger partial charge in [0.05, 0.1) is 19.1 Å². The van der Waals surface area contributed by atoms with Crippen molar-refractivity contribution in [2.45, 2.75) is 95.8 Å². The Morgan fingerprint density at radius 1 is 0.710 bits per heavy atom. The number of rotatable bonds is 16. The second-order valence-corrected chi connectivity index (χ2v) is 16.2. The molecule has 0 radical (unpaired) electrons. The number of nitrogens with one attached hydrogen (secondary N) is 5. The molecule has 0 bridgehead atoms. The van der Waals surface area contributed by atoms with E-state index in [0.717, 1.165) is 23.1 Å². The minimum absolute atomic E-state index is 0.0396. The first-order valence-electron chi connectivity index (χ1n) is 20.6. The van der Waals surface area contributed by atoms with E-state index < -0.39 is 71.5 Å². The van der Waals surface area contributed by atoms with E-state index in [1.54, 1.807) is 45.0 Å². The van der Waals surface area contributed by atoms with E-state index in [2.05, 4.69) is 26.6 Å². The van der Waals surface area contributed by atoms with E-state index in [9.17, 15) is 33.9 Å². The molecule has 0 saturated carbocycles. The first kappa shape index (κ1) is 46.3. The van der Waals surface area contributed by atoms with Crippen LogP contribution in [0, 0.1) is 0 Å². The lowest BCUT2D eigenvalue weighted by Crippen LogP contribution is -2.56. The maximum Gasteiger partial charge on any atom is 0.410 e. The quantitative estimate of drug-likeness (QED) is 0.0828. The molecule has 0 aliphatic carbocycles. The van der Waals surface area contributed by atoms with Gasteiger partial charge in [0.25, 0.3) is 0 Å². The Labute approximate surface area is 361 Å². The number of aliphatic hydroxyl groups excluding tert-OH is 1. The third-order valence-electron chi connectivity index (χ3n) is 10.3. The number of nitrogens with zero attached hydrogens (tertiary/aromatic N) is 1. The van der Waals surface area contributed by atoms with Crippen LogP contribution in [-0.4, -0.2) is 88.7 Å². The Bertz CT molecular complexity index is 2050. The molecule has 1 aliphatic rings. The molecule has 6 amide bonds. The fraction of sp³-hybridized carbons (Fsp3) is 0.362. The molecule has 15 nitrogen and oxygen atoms in total. The van der Waals surface area contributed by atoms with Gasteiger partial charge in [-0.05, 0) is 81.8 Å². The van der Waals surface area contributed by atoms with E-state index in [4.69, 9.17) is 9.47 Å². The van der Waals surface area contributed by atoms with Gasteiger partial charge in [-0.15, -0.1) is 0 Å². The Balaban J connectivity index is 1.36. The molecule has 15 heteroatoms. The second-order valence-electron chi connectivity index (χ2n) is 16.2. The SMILES string of the molecule is C[C@H](NC(=O)OC(C)(C)C)C(=O)N[C@@H](C)C(=O)N[C@@H](CC(=O)NC(c1ccccc1)(c1ccccc1)c1ccccc1)C(=O)Nc1ccc(COC(=O)N2CCC[C@H]2CO)cc1. The fourth-order valence-corrected chi connectivity index (χ4v) is 7.09. The standard InChI is InChI=1S/C47H56N6O9/c1-31(48-41(56)32(2)49-44(59)62-46(3,4)5)42(57)51-39(43(58)50-37-25-23-33(24-26-37)30-61-45(60)53-27-15-22-38(53)29-54)28-40(55)52-47(34-16-9-6-10-17-34,35-18-11-7-12-19-35)36-20-13-8-14-21-36/h6-14,16-21,23-26,31-32,38-39,54H,15,22,27-30H2,1-5H3,(H,48,56)(H,49,59)(H,50,58)(H,51,57)(H,52,55)/t31-,32-,38-,39-/m0/s1. The monoisotopic (exact) mass is 848 g/mol. The zero-order valence-corrected chi connectivity index (χ0v) is 35.7. The van der Waals surface area contributed by atoms with Gasteiger partial charge in [0.1, 0.15) is 35.9 Å². The minimum atomic E-state index is -1.44. The van der Waals surface area contributed by atoms with Crippen LogP contribution in [0.2, 0.25) is 0 Å². The molecule has 1 fully saturated rings. The number of carbonyl (C=O) groups excluding carboxylic acids is 6. The van der Waals surface area contributed by atoms with E-state index >= 15 is 0 Å². The number of hydrogen-bond donors (Lipinski definition) is 6. The lowest BCUT2D eigenvalue weighted by atomic mass is 9.77. The average Bonchev–Trinajstić information content (AvgIpc) is 3.74. The molecule has 1 heterocycles. The summed E-state index contributed by atoms with van der Waals surface area (Å²) in [5, 5.41) is 23.2. The highest BCUT2D eigenvalue weighted by atomic mass is 16.6. The lowest BCUT2D eigenvalue weighted by molar-refractivity contribution is -0.132. The first-order valence-corrected chi connectivity index (χ1v) is 20.6. The zero-order chi connectivity index (χ0) is 44.9. The van der Waals surface area contributed by atoms with Crippen LogP contribution in [0.3, 0.4) is 0 Å². The van der Waals surface area contributed by atoms with Crippen LogP contribution in [0.25, 0.3) is 0 Å². The summed E-state index contributed by atoms with van der Waals surface area (Å²) in [7, 11) is 0. The highest BCUT2D eigenvalue weighted by molar-refractivity contribution is 6.01. The first-order chi connectivity index (χ1) is 29.6. The third kappa shape index (κ3) is 12.4. The van der Waals surface area contributed by atoms with Gasteiger partial charge in [-0.1, -0.05) is 103 Å². The lowest BCUT2D eigenvalue weighted by Gasteiger charge is -2.37. The summed E-state index contributed by atoms with van der Waals surface area (Å²) in [6, 6.07) is 30.8. The normalized spacial score (nSPS) is 15.3. The summed E-state index contributed by atoms with van der Waals surface area (Å²) in [5.41, 5.74) is 1.21. The van der Waals surface area contributed by atoms with E-state index in [1.165, 1.54) is 18.7 Å². The third-order valence-corrected chi connectivity index (χ3v) is 10.3. The van der Waals surface area contributed by atoms with Gasteiger partial charge in [-0.3, -0.25) is 19.2 Å².